The second-order valence-electron chi connectivity index (χ2n) is 6.14. The first kappa shape index (κ1) is 21.0. The van der Waals surface area contributed by atoms with Crippen LogP contribution < -0.4 is 4.74 Å². The van der Waals surface area contributed by atoms with E-state index in [0.717, 1.165) is 19.4 Å². The molecule has 0 N–H and O–H groups in total. The fraction of sp³-hybridized carbons (Fsp3) is 0.556. The SMILES string of the molecule is O=[C]CCCCN1CCN(C(=O)OCc2ccccc2OC(F)(F)F)CC1. The second kappa shape index (κ2) is 10.1. The third kappa shape index (κ3) is 7.46. The Morgan fingerprint density at radius 3 is 2.48 bits per heavy atom. The van der Waals surface area contributed by atoms with E-state index >= 15 is 0 Å². The summed E-state index contributed by atoms with van der Waals surface area (Å²) in [5.74, 6) is -0.379. The number of alkyl halides is 3. The number of carbonyl (C=O) groups is 1. The quantitative estimate of drug-likeness (QED) is 0.642. The molecule has 6 nitrogen and oxygen atoms in total. The van der Waals surface area contributed by atoms with Crippen LogP contribution in [0.25, 0.3) is 0 Å². The number of carbonyl (C=O) groups excluding carboxylic acids is 2. The van der Waals surface area contributed by atoms with Crippen LogP contribution in [0.5, 0.6) is 5.75 Å². The molecule has 1 aromatic carbocycles. The monoisotopic (exact) mass is 387 g/mol. The van der Waals surface area contributed by atoms with Gasteiger partial charge in [-0.3, -0.25) is 9.69 Å². The van der Waals surface area contributed by atoms with Gasteiger partial charge >= 0.3 is 12.5 Å². The predicted molar refractivity (Wildman–Crippen MR) is 90.9 cm³/mol. The van der Waals surface area contributed by atoms with Gasteiger partial charge in [-0.2, -0.15) is 0 Å². The Bertz CT molecular complexity index is 617. The third-order valence-electron chi connectivity index (χ3n) is 4.18. The van der Waals surface area contributed by atoms with E-state index in [9.17, 15) is 22.8 Å². The standard InChI is InChI=1S/C18H22F3N2O4/c19-18(20,21)27-16-7-3-2-6-15(16)14-26-17(25)23-11-9-22(10-12-23)8-4-1-5-13-24/h2-3,6-7H,1,4-5,8-12,14H2. The Kier molecular flexibility index (Phi) is 7.90. The van der Waals surface area contributed by atoms with Crippen molar-refractivity contribution in [3.63, 3.8) is 0 Å². The summed E-state index contributed by atoms with van der Waals surface area (Å²) in [5, 5.41) is 0. The number of para-hydroxylation sites is 1. The van der Waals surface area contributed by atoms with Crippen LogP contribution in [0, 0.1) is 0 Å². The molecule has 1 fully saturated rings. The molecule has 0 aromatic heterocycles. The molecule has 0 aliphatic carbocycles. The zero-order valence-electron chi connectivity index (χ0n) is 14.8. The van der Waals surface area contributed by atoms with Crippen molar-refractivity contribution in [2.24, 2.45) is 0 Å². The summed E-state index contributed by atoms with van der Waals surface area (Å²) in [6, 6.07) is 5.56. The number of hydrogen-bond donors (Lipinski definition) is 0. The van der Waals surface area contributed by atoms with Crippen molar-refractivity contribution in [1.29, 1.82) is 0 Å². The highest BCUT2D eigenvalue weighted by Gasteiger charge is 2.32. The zero-order chi connectivity index (χ0) is 19.7. The molecular weight excluding hydrogens is 365 g/mol. The van der Waals surface area contributed by atoms with Crippen molar-refractivity contribution in [3.8, 4) is 5.75 Å². The number of unbranched alkanes of at least 4 members (excludes halogenated alkanes) is 2. The average Bonchev–Trinajstić information content (AvgIpc) is 2.63. The van der Waals surface area contributed by atoms with E-state index < -0.39 is 12.5 Å². The normalized spacial score (nSPS) is 15.4. The maximum absolute atomic E-state index is 12.4. The lowest BCUT2D eigenvalue weighted by molar-refractivity contribution is -0.275. The van der Waals surface area contributed by atoms with E-state index in [1.54, 1.807) is 6.07 Å². The summed E-state index contributed by atoms with van der Waals surface area (Å²) >= 11 is 0. The van der Waals surface area contributed by atoms with Gasteiger partial charge in [0.1, 0.15) is 12.4 Å². The smallest absolute Gasteiger partial charge is 0.444 e. The summed E-state index contributed by atoms with van der Waals surface area (Å²) in [5.41, 5.74) is 0.147. The number of piperazine rings is 1. The molecule has 1 radical (unpaired) electrons. The summed E-state index contributed by atoms with van der Waals surface area (Å²) in [7, 11) is 0. The Morgan fingerprint density at radius 2 is 1.81 bits per heavy atom. The Morgan fingerprint density at radius 1 is 1.11 bits per heavy atom. The third-order valence-corrected chi connectivity index (χ3v) is 4.18. The molecule has 149 valence electrons. The lowest BCUT2D eigenvalue weighted by atomic mass is 10.2. The first-order valence-electron chi connectivity index (χ1n) is 8.72. The van der Waals surface area contributed by atoms with Gasteiger partial charge in [0.05, 0.1) is 0 Å². The summed E-state index contributed by atoms with van der Waals surface area (Å²) in [6.45, 7) is 2.90. The Hall–Kier alpha value is -2.29. The molecule has 0 bridgehead atoms. The molecule has 0 saturated carbocycles. The lowest BCUT2D eigenvalue weighted by Crippen LogP contribution is -2.48. The van der Waals surface area contributed by atoms with Gasteiger partial charge in [-0.05, 0) is 25.5 Å². The van der Waals surface area contributed by atoms with Crippen LogP contribution in [0.4, 0.5) is 18.0 Å². The van der Waals surface area contributed by atoms with Crippen LogP contribution in [0.15, 0.2) is 24.3 Å². The topological polar surface area (TPSA) is 59.1 Å². The van der Waals surface area contributed by atoms with Gasteiger partial charge in [-0.25, -0.2) is 4.79 Å². The van der Waals surface area contributed by atoms with Crippen molar-refractivity contribution in [2.45, 2.75) is 32.2 Å². The first-order valence-corrected chi connectivity index (χ1v) is 8.72. The Labute approximate surface area is 155 Å². The summed E-state index contributed by atoms with van der Waals surface area (Å²) < 4.78 is 46.3. The Balaban J connectivity index is 1.76. The van der Waals surface area contributed by atoms with Crippen LogP contribution in [0.1, 0.15) is 24.8 Å². The molecule has 0 atom stereocenters. The molecule has 1 saturated heterocycles. The van der Waals surface area contributed by atoms with E-state index in [2.05, 4.69) is 9.64 Å². The molecule has 1 amide bonds. The van der Waals surface area contributed by atoms with Crippen LogP contribution in [0.2, 0.25) is 0 Å². The minimum atomic E-state index is -4.81. The van der Waals surface area contributed by atoms with Crippen LogP contribution in [-0.4, -0.2) is 61.3 Å². The van der Waals surface area contributed by atoms with Gasteiger partial charge in [0.25, 0.3) is 0 Å². The highest BCUT2D eigenvalue weighted by atomic mass is 19.4. The molecule has 1 aliphatic heterocycles. The van der Waals surface area contributed by atoms with Crippen LogP contribution in [0.3, 0.4) is 0 Å². The fourth-order valence-corrected chi connectivity index (χ4v) is 2.76. The maximum atomic E-state index is 12.4. The number of benzene rings is 1. The van der Waals surface area contributed by atoms with Crippen molar-refractivity contribution in [2.75, 3.05) is 32.7 Å². The van der Waals surface area contributed by atoms with E-state index in [0.29, 0.717) is 32.6 Å². The van der Waals surface area contributed by atoms with Crippen molar-refractivity contribution in [1.82, 2.24) is 9.80 Å². The van der Waals surface area contributed by atoms with Gasteiger partial charge in [-0.1, -0.05) is 18.2 Å². The van der Waals surface area contributed by atoms with Crippen LogP contribution in [-0.2, 0) is 16.1 Å². The van der Waals surface area contributed by atoms with Gasteiger partial charge < -0.3 is 14.4 Å². The van der Waals surface area contributed by atoms with Crippen LogP contribution >= 0.6 is 0 Å². The molecule has 1 aromatic rings. The minimum Gasteiger partial charge on any atom is -0.444 e. The first-order chi connectivity index (χ1) is 12.9. The number of halogens is 3. The molecule has 0 spiro atoms. The highest BCUT2D eigenvalue weighted by molar-refractivity contribution is 5.67. The van der Waals surface area contributed by atoms with Gasteiger partial charge in [0.2, 0.25) is 0 Å². The summed E-state index contributed by atoms with van der Waals surface area (Å²) in [6.07, 6.45) is -1.37. The van der Waals surface area contributed by atoms with Crippen molar-refractivity contribution in [3.05, 3.63) is 29.8 Å². The maximum Gasteiger partial charge on any atom is 0.573 e. The molecular formula is C18H22F3N2O4. The number of nitrogens with zero attached hydrogens (tertiary/aromatic N) is 2. The van der Waals surface area contributed by atoms with E-state index in [4.69, 9.17) is 4.74 Å². The summed E-state index contributed by atoms with van der Waals surface area (Å²) in [4.78, 5) is 26.0. The van der Waals surface area contributed by atoms with Gasteiger partial charge in [0, 0.05) is 38.2 Å². The van der Waals surface area contributed by atoms with Gasteiger partial charge in [0.15, 0.2) is 6.29 Å². The molecule has 9 heteroatoms. The predicted octanol–water partition coefficient (Wildman–Crippen LogP) is 3.12. The number of hydrogen-bond acceptors (Lipinski definition) is 5. The zero-order valence-corrected chi connectivity index (χ0v) is 14.8. The van der Waals surface area contributed by atoms with Gasteiger partial charge in [-0.15, -0.1) is 13.2 Å². The largest absolute Gasteiger partial charge is 0.573 e. The molecule has 27 heavy (non-hydrogen) atoms. The fourth-order valence-electron chi connectivity index (χ4n) is 2.76. The minimum absolute atomic E-state index is 0.147. The van der Waals surface area contributed by atoms with E-state index in [1.807, 2.05) is 6.29 Å². The second-order valence-corrected chi connectivity index (χ2v) is 6.14. The van der Waals surface area contributed by atoms with E-state index in [-0.39, 0.29) is 17.9 Å². The highest BCUT2D eigenvalue weighted by Crippen LogP contribution is 2.26. The lowest BCUT2D eigenvalue weighted by Gasteiger charge is -2.34. The molecule has 1 aliphatic rings. The van der Waals surface area contributed by atoms with E-state index in [1.165, 1.54) is 23.1 Å². The van der Waals surface area contributed by atoms with Crippen molar-refractivity contribution >= 4 is 12.4 Å². The average molecular weight is 387 g/mol. The molecule has 1 heterocycles. The number of ether oxygens (including phenoxy) is 2. The number of rotatable bonds is 8. The number of amides is 1. The molecule has 2 rings (SSSR count). The molecule has 0 unspecified atom stereocenters. The van der Waals surface area contributed by atoms with Crippen molar-refractivity contribution < 1.29 is 32.2 Å².